The van der Waals surface area contributed by atoms with Crippen molar-refractivity contribution in [3.8, 4) is 17.0 Å². The Balaban J connectivity index is 1.61. The molecular formula is C29H34F2N2O2. The summed E-state index contributed by atoms with van der Waals surface area (Å²) in [5.74, 6) is -1.18. The number of fused-ring (bicyclic) bond motifs is 1. The van der Waals surface area contributed by atoms with Crippen molar-refractivity contribution in [3.05, 3.63) is 72.5 Å². The zero-order valence-corrected chi connectivity index (χ0v) is 20.6. The second-order valence-corrected chi connectivity index (χ2v) is 8.56. The van der Waals surface area contributed by atoms with Gasteiger partial charge in [-0.2, -0.15) is 0 Å². The van der Waals surface area contributed by atoms with E-state index in [9.17, 15) is 8.78 Å². The minimum Gasteiger partial charge on any atom is -0.489 e. The molecule has 0 aliphatic carbocycles. The third kappa shape index (κ3) is 7.69. The summed E-state index contributed by atoms with van der Waals surface area (Å²) in [6.45, 7) is 9.06. The van der Waals surface area contributed by atoms with Crippen molar-refractivity contribution in [2.24, 2.45) is 0 Å². The second kappa shape index (κ2) is 13.7. The fourth-order valence-corrected chi connectivity index (χ4v) is 3.71. The van der Waals surface area contributed by atoms with Gasteiger partial charge in [0, 0.05) is 23.8 Å². The molecule has 0 spiro atoms. The molecule has 0 aliphatic heterocycles. The maximum atomic E-state index is 14.9. The average molecular weight is 481 g/mol. The Morgan fingerprint density at radius 3 is 2.71 bits per heavy atom. The van der Waals surface area contributed by atoms with Crippen LogP contribution in [0.5, 0.6) is 5.75 Å². The van der Waals surface area contributed by atoms with Crippen LogP contribution in [0.15, 0.2) is 55.3 Å². The fourth-order valence-electron chi connectivity index (χ4n) is 3.71. The number of hydrogen-bond donors (Lipinski definition) is 0. The van der Waals surface area contributed by atoms with Gasteiger partial charge in [-0.05, 0) is 50.8 Å². The van der Waals surface area contributed by atoms with E-state index in [1.807, 2.05) is 6.08 Å². The number of hydrogen-bond acceptors (Lipinski definition) is 4. The minimum atomic E-state index is -0.930. The van der Waals surface area contributed by atoms with Crippen LogP contribution in [-0.4, -0.2) is 29.3 Å². The molecule has 0 saturated carbocycles. The molecule has 0 radical (unpaired) electrons. The third-order valence-corrected chi connectivity index (χ3v) is 5.70. The Kier molecular flexibility index (Phi) is 10.4. The first-order valence-corrected chi connectivity index (χ1v) is 12.3. The fraction of sp³-hybridized carbons (Fsp3) is 0.379. The van der Waals surface area contributed by atoms with Gasteiger partial charge in [0.25, 0.3) is 0 Å². The molecule has 0 N–H and O–H groups in total. The van der Waals surface area contributed by atoms with Crippen LogP contribution in [0.2, 0.25) is 0 Å². The quantitative estimate of drug-likeness (QED) is 0.174. The van der Waals surface area contributed by atoms with E-state index in [1.165, 1.54) is 19.0 Å². The summed E-state index contributed by atoms with van der Waals surface area (Å²) in [4.78, 5) is 8.81. The van der Waals surface area contributed by atoms with Crippen molar-refractivity contribution < 1.29 is 18.3 Å². The average Bonchev–Trinajstić information content (AvgIpc) is 2.87. The summed E-state index contributed by atoms with van der Waals surface area (Å²) in [6.07, 6.45) is 12.9. The SMILES string of the molecule is C=CCOc1ccc2nc(-c3ccc(C=CCCCC(C)OCCCCC)c(F)c3F)cnc2c1. The van der Waals surface area contributed by atoms with Gasteiger partial charge in [0.2, 0.25) is 0 Å². The largest absolute Gasteiger partial charge is 0.489 e. The Hall–Kier alpha value is -3.12. The zero-order valence-electron chi connectivity index (χ0n) is 20.6. The lowest BCUT2D eigenvalue weighted by Gasteiger charge is -2.12. The number of halogens is 2. The first-order valence-electron chi connectivity index (χ1n) is 12.3. The highest BCUT2D eigenvalue weighted by Crippen LogP contribution is 2.27. The number of benzene rings is 2. The van der Waals surface area contributed by atoms with Gasteiger partial charge in [-0.3, -0.25) is 4.98 Å². The number of aromatic nitrogens is 2. The molecule has 1 heterocycles. The Morgan fingerprint density at radius 2 is 1.91 bits per heavy atom. The summed E-state index contributed by atoms with van der Waals surface area (Å²) in [5.41, 5.74) is 1.75. The van der Waals surface area contributed by atoms with Crippen LogP contribution in [0.25, 0.3) is 28.4 Å². The van der Waals surface area contributed by atoms with Gasteiger partial charge in [0.05, 0.1) is 29.0 Å². The predicted octanol–water partition coefficient (Wildman–Crippen LogP) is 7.92. The van der Waals surface area contributed by atoms with Crippen molar-refractivity contribution in [1.29, 1.82) is 0 Å². The molecule has 6 heteroatoms. The van der Waals surface area contributed by atoms with Crippen LogP contribution in [0.1, 0.15) is 57.9 Å². The molecule has 1 atom stereocenters. The molecule has 3 rings (SSSR count). The predicted molar refractivity (Wildman–Crippen MR) is 138 cm³/mol. The van der Waals surface area contributed by atoms with Gasteiger partial charge in [-0.25, -0.2) is 13.8 Å². The molecule has 2 aromatic carbocycles. The van der Waals surface area contributed by atoms with Crippen molar-refractivity contribution in [2.45, 2.75) is 58.5 Å². The second-order valence-electron chi connectivity index (χ2n) is 8.56. The molecule has 0 aliphatic rings. The maximum absolute atomic E-state index is 14.9. The van der Waals surface area contributed by atoms with Gasteiger partial charge in [0.15, 0.2) is 11.6 Å². The summed E-state index contributed by atoms with van der Waals surface area (Å²) >= 11 is 0. The topological polar surface area (TPSA) is 44.2 Å². The molecule has 186 valence electrons. The van der Waals surface area contributed by atoms with Crippen LogP contribution < -0.4 is 4.74 Å². The highest BCUT2D eigenvalue weighted by atomic mass is 19.2. The van der Waals surface area contributed by atoms with Crippen LogP contribution in [-0.2, 0) is 4.74 Å². The van der Waals surface area contributed by atoms with Gasteiger partial charge < -0.3 is 9.47 Å². The molecule has 0 bridgehead atoms. The van der Waals surface area contributed by atoms with Crippen LogP contribution in [0, 0.1) is 11.6 Å². The summed E-state index contributed by atoms with van der Waals surface area (Å²) in [6, 6.07) is 8.37. The van der Waals surface area contributed by atoms with E-state index in [4.69, 9.17) is 9.47 Å². The number of rotatable bonds is 14. The van der Waals surface area contributed by atoms with E-state index in [0.717, 1.165) is 32.3 Å². The van der Waals surface area contributed by atoms with E-state index in [0.29, 0.717) is 23.4 Å². The zero-order chi connectivity index (χ0) is 25.0. The van der Waals surface area contributed by atoms with E-state index in [-0.39, 0.29) is 22.9 Å². The monoisotopic (exact) mass is 480 g/mol. The van der Waals surface area contributed by atoms with Gasteiger partial charge >= 0.3 is 0 Å². The lowest BCUT2D eigenvalue weighted by Crippen LogP contribution is -2.08. The summed E-state index contributed by atoms with van der Waals surface area (Å²) in [5, 5.41) is 0. The van der Waals surface area contributed by atoms with E-state index >= 15 is 0 Å². The molecule has 3 aromatic rings. The molecule has 1 unspecified atom stereocenters. The lowest BCUT2D eigenvalue weighted by atomic mass is 10.1. The maximum Gasteiger partial charge on any atom is 0.168 e. The van der Waals surface area contributed by atoms with E-state index in [2.05, 4.69) is 30.4 Å². The highest BCUT2D eigenvalue weighted by molar-refractivity contribution is 5.78. The first kappa shape index (κ1) is 26.5. The standard InChI is InChI=1S/C29H34F2N2O2/c1-4-6-10-18-34-21(3)11-8-7-9-12-22-13-15-24(29(31)28(22)30)27-20-32-26-19-23(35-17-5-2)14-16-25(26)33-27/h5,9,12-16,19-21H,2,4,6-8,10-11,17-18H2,1,3H3. The Bertz CT molecular complexity index is 1150. The smallest absolute Gasteiger partial charge is 0.168 e. The molecule has 0 fully saturated rings. The highest BCUT2D eigenvalue weighted by Gasteiger charge is 2.15. The van der Waals surface area contributed by atoms with Gasteiger partial charge in [-0.1, -0.05) is 50.6 Å². The number of unbranched alkanes of at least 4 members (excludes halogenated alkanes) is 3. The van der Waals surface area contributed by atoms with Crippen molar-refractivity contribution in [3.63, 3.8) is 0 Å². The van der Waals surface area contributed by atoms with Crippen LogP contribution >= 0.6 is 0 Å². The molecule has 0 amide bonds. The summed E-state index contributed by atoms with van der Waals surface area (Å²) < 4.78 is 40.9. The van der Waals surface area contributed by atoms with Gasteiger partial charge in [0.1, 0.15) is 12.4 Å². The van der Waals surface area contributed by atoms with Gasteiger partial charge in [-0.15, -0.1) is 0 Å². The molecule has 1 aromatic heterocycles. The number of nitrogens with zero attached hydrogens (tertiary/aromatic N) is 2. The van der Waals surface area contributed by atoms with E-state index < -0.39 is 11.6 Å². The normalized spacial score (nSPS) is 12.3. The molecule has 35 heavy (non-hydrogen) atoms. The Morgan fingerprint density at radius 1 is 1.06 bits per heavy atom. The first-order chi connectivity index (χ1) is 17.0. The van der Waals surface area contributed by atoms with Crippen molar-refractivity contribution in [1.82, 2.24) is 9.97 Å². The number of allylic oxidation sites excluding steroid dienone is 1. The van der Waals surface area contributed by atoms with Crippen LogP contribution in [0.3, 0.4) is 0 Å². The molecule has 4 nitrogen and oxygen atoms in total. The minimum absolute atomic E-state index is 0.0788. The third-order valence-electron chi connectivity index (χ3n) is 5.70. The molecular weight excluding hydrogens is 446 g/mol. The van der Waals surface area contributed by atoms with Crippen LogP contribution in [0.4, 0.5) is 8.78 Å². The lowest BCUT2D eigenvalue weighted by molar-refractivity contribution is 0.0566. The Labute approximate surface area is 206 Å². The molecule has 0 saturated heterocycles. The summed E-state index contributed by atoms with van der Waals surface area (Å²) in [7, 11) is 0. The van der Waals surface area contributed by atoms with Crippen molar-refractivity contribution in [2.75, 3.05) is 13.2 Å². The van der Waals surface area contributed by atoms with Crippen molar-refractivity contribution >= 4 is 17.1 Å². The number of ether oxygens (including phenoxy) is 2. The van der Waals surface area contributed by atoms with E-state index in [1.54, 1.807) is 42.5 Å².